The number of hydrogen-bond donors (Lipinski definition) is 1. The summed E-state index contributed by atoms with van der Waals surface area (Å²) in [6.07, 6.45) is 10.7. The summed E-state index contributed by atoms with van der Waals surface area (Å²) in [5.74, 6) is 1.21. The molecular weight excluding hydrogens is 318 g/mol. The van der Waals surface area contributed by atoms with Gasteiger partial charge in [-0.15, -0.1) is 0 Å². The Balaban J connectivity index is 1.34. The van der Waals surface area contributed by atoms with Crippen LogP contribution in [0.3, 0.4) is 0 Å². The van der Waals surface area contributed by atoms with E-state index < -0.39 is 0 Å². The van der Waals surface area contributed by atoms with Crippen molar-refractivity contribution in [2.24, 2.45) is 5.92 Å². The lowest BCUT2D eigenvalue weighted by Crippen LogP contribution is -2.49. The average Bonchev–Trinajstić information content (AvgIpc) is 3.15. The molecule has 2 heterocycles. The summed E-state index contributed by atoms with van der Waals surface area (Å²) in [5, 5.41) is 2.86. The fourth-order valence-electron chi connectivity index (χ4n) is 3.25. The highest BCUT2D eigenvalue weighted by Crippen LogP contribution is 2.19. The molecule has 3 rings (SSSR count). The minimum Gasteiger partial charge on any atom is -0.356 e. The van der Waals surface area contributed by atoms with Crippen LogP contribution in [0.1, 0.15) is 25.7 Å². The molecule has 0 saturated carbocycles. The van der Waals surface area contributed by atoms with Crippen molar-refractivity contribution in [3.8, 4) is 0 Å². The van der Waals surface area contributed by atoms with Gasteiger partial charge in [-0.05, 0) is 24.8 Å². The molecule has 1 aliphatic heterocycles. The van der Waals surface area contributed by atoms with E-state index in [1.54, 1.807) is 18.5 Å². The monoisotopic (exact) mass is 343 g/mol. The minimum absolute atomic E-state index is 0.0374. The van der Waals surface area contributed by atoms with E-state index >= 15 is 0 Å². The molecule has 0 aromatic carbocycles. The Hall–Kier alpha value is -2.44. The van der Waals surface area contributed by atoms with Gasteiger partial charge in [0.1, 0.15) is 0 Å². The molecule has 7 nitrogen and oxygen atoms in total. The van der Waals surface area contributed by atoms with Crippen molar-refractivity contribution in [3.05, 3.63) is 30.6 Å². The summed E-state index contributed by atoms with van der Waals surface area (Å²) >= 11 is 0. The Kier molecular flexibility index (Phi) is 5.98. The molecule has 1 aromatic rings. The van der Waals surface area contributed by atoms with Crippen molar-refractivity contribution in [2.75, 3.05) is 37.6 Å². The van der Waals surface area contributed by atoms with Crippen LogP contribution in [0.4, 0.5) is 5.95 Å². The number of anilines is 1. The van der Waals surface area contributed by atoms with Crippen molar-refractivity contribution in [1.82, 2.24) is 20.2 Å². The van der Waals surface area contributed by atoms with Crippen LogP contribution in [0.15, 0.2) is 30.6 Å². The SMILES string of the molecule is O=C(C[C@H]1C=CCC1)NCCC(=O)N1CCN(c2ncccn2)CC1. The summed E-state index contributed by atoms with van der Waals surface area (Å²) in [7, 11) is 0. The lowest BCUT2D eigenvalue weighted by atomic mass is 10.1. The van der Waals surface area contributed by atoms with Crippen LogP contribution in [0.5, 0.6) is 0 Å². The van der Waals surface area contributed by atoms with E-state index in [0.29, 0.717) is 44.3 Å². The lowest BCUT2D eigenvalue weighted by molar-refractivity contribution is -0.131. The van der Waals surface area contributed by atoms with Crippen LogP contribution < -0.4 is 10.2 Å². The molecule has 1 saturated heterocycles. The summed E-state index contributed by atoms with van der Waals surface area (Å²) in [6.45, 7) is 3.21. The topological polar surface area (TPSA) is 78.4 Å². The maximum atomic E-state index is 12.3. The molecule has 25 heavy (non-hydrogen) atoms. The van der Waals surface area contributed by atoms with Crippen LogP contribution in [-0.2, 0) is 9.59 Å². The van der Waals surface area contributed by atoms with Crippen molar-refractivity contribution < 1.29 is 9.59 Å². The van der Waals surface area contributed by atoms with Gasteiger partial charge in [-0.2, -0.15) is 0 Å². The largest absolute Gasteiger partial charge is 0.356 e. The second kappa shape index (κ2) is 8.60. The maximum Gasteiger partial charge on any atom is 0.225 e. The number of carbonyl (C=O) groups excluding carboxylic acids is 2. The second-order valence-corrected chi connectivity index (χ2v) is 6.49. The minimum atomic E-state index is 0.0374. The zero-order valence-corrected chi connectivity index (χ0v) is 14.4. The first-order chi connectivity index (χ1) is 12.2. The molecule has 1 fully saturated rings. The van der Waals surface area contributed by atoms with E-state index in [9.17, 15) is 9.59 Å². The third-order valence-corrected chi connectivity index (χ3v) is 4.69. The lowest BCUT2D eigenvalue weighted by Gasteiger charge is -2.34. The van der Waals surface area contributed by atoms with Gasteiger partial charge in [0.05, 0.1) is 0 Å². The van der Waals surface area contributed by atoms with E-state index in [1.807, 2.05) is 4.90 Å². The highest BCUT2D eigenvalue weighted by Gasteiger charge is 2.22. The smallest absolute Gasteiger partial charge is 0.225 e. The van der Waals surface area contributed by atoms with Crippen LogP contribution in [0, 0.1) is 5.92 Å². The highest BCUT2D eigenvalue weighted by atomic mass is 16.2. The second-order valence-electron chi connectivity index (χ2n) is 6.49. The third kappa shape index (κ3) is 5.01. The third-order valence-electron chi connectivity index (χ3n) is 4.69. The first kappa shape index (κ1) is 17.4. The first-order valence-electron chi connectivity index (χ1n) is 8.95. The van der Waals surface area contributed by atoms with Crippen molar-refractivity contribution in [3.63, 3.8) is 0 Å². The number of hydrogen-bond acceptors (Lipinski definition) is 5. The average molecular weight is 343 g/mol. The van der Waals surface area contributed by atoms with Gasteiger partial charge in [-0.3, -0.25) is 9.59 Å². The Bertz CT molecular complexity index is 611. The van der Waals surface area contributed by atoms with Crippen LogP contribution in [0.2, 0.25) is 0 Å². The molecule has 0 unspecified atom stereocenters. The molecule has 2 amide bonds. The van der Waals surface area contributed by atoms with Gasteiger partial charge in [0.25, 0.3) is 0 Å². The summed E-state index contributed by atoms with van der Waals surface area (Å²) < 4.78 is 0. The number of allylic oxidation sites excluding steroid dienone is 2. The van der Waals surface area contributed by atoms with E-state index in [4.69, 9.17) is 0 Å². The Labute approximate surface area is 148 Å². The van der Waals surface area contributed by atoms with Crippen molar-refractivity contribution in [2.45, 2.75) is 25.7 Å². The van der Waals surface area contributed by atoms with Gasteiger partial charge >= 0.3 is 0 Å². The van der Waals surface area contributed by atoms with Gasteiger partial charge in [-0.1, -0.05) is 12.2 Å². The molecule has 1 N–H and O–H groups in total. The molecule has 7 heteroatoms. The summed E-state index contributed by atoms with van der Waals surface area (Å²) in [5.41, 5.74) is 0. The number of carbonyl (C=O) groups is 2. The fraction of sp³-hybridized carbons (Fsp3) is 0.556. The summed E-state index contributed by atoms with van der Waals surface area (Å²) in [4.78, 5) is 36.6. The number of nitrogens with one attached hydrogen (secondary N) is 1. The summed E-state index contributed by atoms with van der Waals surface area (Å²) in [6, 6.07) is 1.79. The van der Waals surface area contributed by atoms with Gasteiger partial charge in [0.15, 0.2) is 0 Å². The number of piperazine rings is 1. The van der Waals surface area contributed by atoms with E-state index in [0.717, 1.165) is 25.9 Å². The van der Waals surface area contributed by atoms with Gasteiger partial charge in [-0.25, -0.2) is 9.97 Å². The van der Waals surface area contributed by atoms with Gasteiger partial charge in [0, 0.05) is 58.0 Å². The molecule has 0 radical (unpaired) electrons. The Morgan fingerprint density at radius 2 is 1.92 bits per heavy atom. The number of amides is 2. The molecule has 2 aliphatic rings. The van der Waals surface area contributed by atoms with Crippen molar-refractivity contribution in [1.29, 1.82) is 0 Å². The number of rotatable bonds is 6. The predicted molar refractivity (Wildman–Crippen MR) is 94.9 cm³/mol. The number of aromatic nitrogens is 2. The van der Waals surface area contributed by atoms with Crippen LogP contribution in [0.25, 0.3) is 0 Å². The molecule has 0 spiro atoms. The van der Waals surface area contributed by atoms with Crippen LogP contribution >= 0.6 is 0 Å². The normalized spacial score (nSPS) is 19.9. The van der Waals surface area contributed by atoms with Gasteiger partial charge < -0.3 is 15.1 Å². The zero-order valence-electron chi connectivity index (χ0n) is 14.4. The van der Waals surface area contributed by atoms with E-state index in [1.165, 1.54) is 0 Å². The quantitative estimate of drug-likeness (QED) is 0.779. The fourth-order valence-corrected chi connectivity index (χ4v) is 3.25. The maximum absolute atomic E-state index is 12.3. The number of nitrogens with zero attached hydrogens (tertiary/aromatic N) is 4. The highest BCUT2D eigenvalue weighted by molar-refractivity contribution is 5.79. The van der Waals surface area contributed by atoms with Crippen LogP contribution in [-0.4, -0.2) is 59.4 Å². The first-order valence-corrected chi connectivity index (χ1v) is 8.95. The molecule has 134 valence electrons. The predicted octanol–water partition coefficient (Wildman–Crippen LogP) is 0.988. The van der Waals surface area contributed by atoms with E-state index in [-0.39, 0.29) is 11.8 Å². The molecular formula is C18H25N5O2. The molecule has 1 aliphatic carbocycles. The standard InChI is InChI=1S/C18H25N5O2/c24-16(14-15-4-1-2-5-15)19-9-6-17(25)22-10-12-23(13-11-22)18-20-7-3-8-21-18/h1,3-4,7-8,15H,2,5-6,9-14H2,(H,19,24)/t15-/m0/s1. The molecule has 0 bridgehead atoms. The van der Waals surface area contributed by atoms with E-state index in [2.05, 4.69) is 32.3 Å². The van der Waals surface area contributed by atoms with Crippen molar-refractivity contribution >= 4 is 17.8 Å². The van der Waals surface area contributed by atoms with Gasteiger partial charge in [0.2, 0.25) is 17.8 Å². The zero-order chi connectivity index (χ0) is 17.5. The molecule has 1 atom stereocenters. The Morgan fingerprint density at radius 1 is 1.16 bits per heavy atom. The molecule has 1 aromatic heterocycles. The Morgan fingerprint density at radius 3 is 2.60 bits per heavy atom.